The molecule has 1 saturated heterocycles. The first-order valence-corrected chi connectivity index (χ1v) is 5.55. The minimum atomic E-state index is -0.998. The summed E-state index contributed by atoms with van der Waals surface area (Å²) in [6.07, 6.45) is -1.98. The number of aliphatic hydroxyl groups excluding tert-OH is 2. The maximum Gasteiger partial charge on any atom is 0.227 e. The number of carbonyl (C=O) groups is 1. The van der Waals surface area contributed by atoms with Gasteiger partial charge in [0.25, 0.3) is 0 Å². The number of carbonyl (C=O) groups excluding carboxylic acids is 1. The van der Waals surface area contributed by atoms with Gasteiger partial charge in [-0.1, -0.05) is 6.07 Å². The van der Waals surface area contributed by atoms with Gasteiger partial charge in [-0.05, 0) is 17.7 Å². The lowest BCUT2D eigenvalue weighted by Crippen LogP contribution is -2.31. The minimum Gasteiger partial charge on any atom is -0.388 e. The second kappa shape index (κ2) is 4.99. The van der Waals surface area contributed by atoms with E-state index in [1.165, 1.54) is 11.0 Å². The molecule has 1 aromatic carbocycles. The summed E-state index contributed by atoms with van der Waals surface area (Å²) in [6.45, 7) is 0.118. The van der Waals surface area contributed by atoms with Gasteiger partial charge in [0, 0.05) is 13.1 Å². The molecule has 1 aromatic rings. The Labute approximate surface area is 102 Å². The fourth-order valence-corrected chi connectivity index (χ4v) is 1.91. The third-order valence-electron chi connectivity index (χ3n) is 2.95. The minimum absolute atomic E-state index is 0.0592. The number of rotatable bonds is 2. The number of benzene rings is 1. The van der Waals surface area contributed by atoms with E-state index in [0.717, 1.165) is 12.1 Å². The van der Waals surface area contributed by atoms with Crippen molar-refractivity contribution >= 4 is 5.91 Å². The first-order valence-electron chi connectivity index (χ1n) is 5.55. The van der Waals surface area contributed by atoms with Crippen molar-refractivity contribution < 1.29 is 23.8 Å². The zero-order valence-corrected chi connectivity index (χ0v) is 9.51. The molecule has 18 heavy (non-hydrogen) atoms. The predicted molar refractivity (Wildman–Crippen MR) is 58.7 cm³/mol. The molecule has 0 radical (unpaired) electrons. The standard InChI is InChI=1S/C12H13F2NO3/c13-8-2-1-7(3-9(8)14)4-12(18)15-5-10(16)11(17)6-15/h1-3,10-11,16-17H,4-6H2. The van der Waals surface area contributed by atoms with Crippen LogP contribution in [0.5, 0.6) is 0 Å². The topological polar surface area (TPSA) is 60.8 Å². The molecular formula is C12H13F2NO3. The van der Waals surface area contributed by atoms with Crippen molar-refractivity contribution in [2.24, 2.45) is 0 Å². The Morgan fingerprint density at radius 2 is 1.83 bits per heavy atom. The van der Waals surface area contributed by atoms with Gasteiger partial charge < -0.3 is 15.1 Å². The fraction of sp³-hybridized carbons (Fsp3) is 0.417. The molecule has 4 nitrogen and oxygen atoms in total. The first-order chi connectivity index (χ1) is 8.47. The van der Waals surface area contributed by atoms with Gasteiger partial charge in [-0.25, -0.2) is 8.78 Å². The highest BCUT2D eigenvalue weighted by atomic mass is 19.2. The van der Waals surface area contributed by atoms with E-state index in [2.05, 4.69) is 0 Å². The molecule has 98 valence electrons. The van der Waals surface area contributed by atoms with Crippen LogP contribution in [0.15, 0.2) is 18.2 Å². The van der Waals surface area contributed by atoms with Gasteiger partial charge in [0.2, 0.25) is 5.91 Å². The SMILES string of the molecule is O=C(Cc1ccc(F)c(F)c1)N1CC(O)C(O)C1. The molecule has 1 fully saturated rings. The summed E-state index contributed by atoms with van der Waals surface area (Å²) in [7, 11) is 0. The van der Waals surface area contributed by atoms with E-state index in [4.69, 9.17) is 0 Å². The molecule has 2 unspecified atom stereocenters. The largest absolute Gasteiger partial charge is 0.388 e. The molecule has 1 heterocycles. The van der Waals surface area contributed by atoms with E-state index in [-0.39, 0.29) is 25.4 Å². The Hall–Kier alpha value is -1.53. The highest BCUT2D eigenvalue weighted by Crippen LogP contribution is 2.14. The molecule has 1 aliphatic rings. The number of nitrogens with zero attached hydrogens (tertiary/aromatic N) is 1. The number of β-amino-alcohol motifs (C(OH)–C–C–N with tert-alkyl or cyclic N) is 2. The van der Waals surface area contributed by atoms with Crippen LogP contribution >= 0.6 is 0 Å². The number of aliphatic hydroxyl groups is 2. The predicted octanol–water partition coefficient (Wildman–Crippen LogP) is 0.0713. The Kier molecular flexibility index (Phi) is 3.58. The van der Waals surface area contributed by atoms with E-state index in [0.29, 0.717) is 5.56 Å². The van der Waals surface area contributed by atoms with Crippen LogP contribution in [0.2, 0.25) is 0 Å². The van der Waals surface area contributed by atoms with Gasteiger partial charge in [-0.15, -0.1) is 0 Å². The molecule has 2 rings (SSSR count). The summed E-state index contributed by atoms with van der Waals surface area (Å²) < 4.78 is 25.7. The van der Waals surface area contributed by atoms with Crippen LogP contribution in [0.1, 0.15) is 5.56 Å². The summed E-state index contributed by atoms with van der Waals surface area (Å²) in [5, 5.41) is 18.6. The number of hydrogen-bond donors (Lipinski definition) is 2. The van der Waals surface area contributed by atoms with Crippen LogP contribution < -0.4 is 0 Å². The average Bonchev–Trinajstić information content (AvgIpc) is 2.65. The van der Waals surface area contributed by atoms with E-state index in [1.54, 1.807) is 0 Å². The van der Waals surface area contributed by atoms with Crippen molar-refractivity contribution in [2.75, 3.05) is 13.1 Å². The van der Waals surface area contributed by atoms with Crippen LogP contribution in [0.4, 0.5) is 8.78 Å². The monoisotopic (exact) mass is 257 g/mol. The Morgan fingerprint density at radius 1 is 1.22 bits per heavy atom. The quantitative estimate of drug-likeness (QED) is 0.788. The molecule has 2 atom stereocenters. The summed E-state index contributed by atoms with van der Waals surface area (Å²) in [4.78, 5) is 13.1. The van der Waals surface area contributed by atoms with E-state index >= 15 is 0 Å². The van der Waals surface area contributed by atoms with Gasteiger partial charge in [0.15, 0.2) is 11.6 Å². The maximum absolute atomic E-state index is 13.0. The van der Waals surface area contributed by atoms with Crippen molar-refractivity contribution in [3.63, 3.8) is 0 Å². The average molecular weight is 257 g/mol. The normalized spacial score (nSPS) is 23.4. The summed E-state index contributed by atoms with van der Waals surface area (Å²) >= 11 is 0. The molecule has 6 heteroatoms. The number of amides is 1. The molecule has 2 N–H and O–H groups in total. The van der Waals surface area contributed by atoms with Gasteiger partial charge >= 0.3 is 0 Å². The molecule has 1 amide bonds. The lowest BCUT2D eigenvalue weighted by atomic mass is 10.1. The third kappa shape index (κ3) is 2.65. The van der Waals surface area contributed by atoms with E-state index in [1.807, 2.05) is 0 Å². The van der Waals surface area contributed by atoms with Gasteiger partial charge in [-0.2, -0.15) is 0 Å². The van der Waals surface area contributed by atoms with E-state index < -0.39 is 23.8 Å². The van der Waals surface area contributed by atoms with Gasteiger partial charge in [0.1, 0.15) is 0 Å². The van der Waals surface area contributed by atoms with Crippen molar-refractivity contribution in [3.05, 3.63) is 35.4 Å². The number of hydrogen-bond acceptors (Lipinski definition) is 3. The molecule has 0 bridgehead atoms. The summed E-state index contributed by atoms with van der Waals surface area (Å²) in [5.41, 5.74) is 0.356. The molecular weight excluding hydrogens is 244 g/mol. The molecule has 0 aromatic heterocycles. The smallest absolute Gasteiger partial charge is 0.227 e. The Morgan fingerprint density at radius 3 is 2.39 bits per heavy atom. The highest BCUT2D eigenvalue weighted by Gasteiger charge is 2.32. The van der Waals surface area contributed by atoms with Gasteiger partial charge in [-0.3, -0.25) is 4.79 Å². The zero-order chi connectivity index (χ0) is 13.3. The zero-order valence-electron chi connectivity index (χ0n) is 9.51. The van der Waals surface area contributed by atoms with Crippen molar-refractivity contribution in [3.8, 4) is 0 Å². The van der Waals surface area contributed by atoms with Crippen molar-refractivity contribution in [1.29, 1.82) is 0 Å². The molecule has 1 aliphatic heterocycles. The Bertz CT molecular complexity index is 457. The number of likely N-dealkylation sites (tertiary alicyclic amines) is 1. The first kappa shape index (κ1) is 12.9. The maximum atomic E-state index is 13.0. The summed E-state index contributed by atoms with van der Waals surface area (Å²) in [6, 6.07) is 3.26. The molecule has 0 spiro atoms. The second-order valence-corrected chi connectivity index (χ2v) is 4.36. The summed E-state index contributed by atoms with van der Waals surface area (Å²) in [5.74, 6) is -2.29. The van der Waals surface area contributed by atoms with Crippen molar-refractivity contribution in [1.82, 2.24) is 4.90 Å². The highest BCUT2D eigenvalue weighted by molar-refractivity contribution is 5.79. The van der Waals surface area contributed by atoms with Crippen LogP contribution in [0, 0.1) is 11.6 Å². The molecule has 0 aliphatic carbocycles. The number of halogens is 2. The van der Waals surface area contributed by atoms with E-state index in [9.17, 15) is 23.8 Å². The van der Waals surface area contributed by atoms with Crippen LogP contribution in [0.3, 0.4) is 0 Å². The Balaban J connectivity index is 2.01. The van der Waals surface area contributed by atoms with Gasteiger partial charge in [0.05, 0.1) is 18.6 Å². The van der Waals surface area contributed by atoms with Crippen molar-refractivity contribution in [2.45, 2.75) is 18.6 Å². The lowest BCUT2D eigenvalue weighted by molar-refractivity contribution is -0.129. The third-order valence-corrected chi connectivity index (χ3v) is 2.95. The van der Waals surface area contributed by atoms with Crippen LogP contribution in [0.25, 0.3) is 0 Å². The van der Waals surface area contributed by atoms with Crippen LogP contribution in [-0.2, 0) is 11.2 Å². The second-order valence-electron chi connectivity index (χ2n) is 4.36. The molecule has 0 saturated carbocycles. The lowest BCUT2D eigenvalue weighted by Gasteiger charge is -2.15. The fourth-order valence-electron chi connectivity index (χ4n) is 1.91. The van der Waals surface area contributed by atoms with Crippen LogP contribution in [-0.4, -0.2) is 46.3 Å².